The highest BCUT2D eigenvalue weighted by atomic mass is 35.5. The molecule has 3 aromatic carbocycles. The lowest BCUT2D eigenvalue weighted by molar-refractivity contribution is 0.102. The number of nitrogens with one attached hydrogen (secondary N) is 1. The minimum atomic E-state index is -0.866. The number of carbonyl (C=O) groups excluding carboxylic acids is 1. The molecular formula is C23H14Cl3F2N3O2. The first-order valence-electron chi connectivity index (χ1n) is 9.51. The summed E-state index contributed by atoms with van der Waals surface area (Å²) in [5.41, 5.74) is -0.0642. The van der Waals surface area contributed by atoms with Gasteiger partial charge in [0.1, 0.15) is 17.2 Å². The van der Waals surface area contributed by atoms with Gasteiger partial charge in [-0.05, 0) is 48.5 Å². The number of anilines is 1. The molecule has 0 atom stereocenters. The van der Waals surface area contributed by atoms with E-state index in [1.807, 2.05) is 0 Å². The van der Waals surface area contributed by atoms with E-state index in [1.54, 1.807) is 42.5 Å². The lowest BCUT2D eigenvalue weighted by Crippen LogP contribution is -2.26. The summed E-state index contributed by atoms with van der Waals surface area (Å²) in [5.74, 6) is -2.57. The van der Waals surface area contributed by atoms with Crippen molar-refractivity contribution in [3.8, 4) is 5.69 Å². The molecule has 0 spiro atoms. The van der Waals surface area contributed by atoms with Gasteiger partial charge in [-0.15, -0.1) is 0 Å². The molecule has 1 aromatic heterocycles. The van der Waals surface area contributed by atoms with Gasteiger partial charge in [-0.3, -0.25) is 14.3 Å². The Balaban J connectivity index is 1.80. The molecule has 4 aromatic rings. The van der Waals surface area contributed by atoms with Crippen molar-refractivity contribution >= 4 is 46.4 Å². The number of hydrogen-bond donors (Lipinski definition) is 1. The van der Waals surface area contributed by atoms with Crippen LogP contribution in [0.1, 0.15) is 15.9 Å². The molecule has 33 heavy (non-hydrogen) atoms. The lowest BCUT2D eigenvalue weighted by atomic mass is 10.2. The normalized spacial score (nSPS) is 10.9. The van der Waals surface area contributed by atoms with E-state index >= 15 is 0 Å². The fourth-order valence-corrected chi connectivity index (χ4v) is 3.93. The first-order valence-corrected chi connectivity index (χ1v) is 10.6. The topological polar surface area (TPSA) is 56.0 Å². The number of hydrogen-bond acceptors (Lipinski definition) is 2. The second-order valence-corrected chi connectivity index (χ2v) is 8.30. The Morgan fingerprint density at radius 2 is 1.52 bits per heavy atom. The highest BCUT2D eigenvalue weighted by Gasteiger charge is 2.21. The average Bonchev–Trinajstić information content (AvgIpc) is 3.07. The largest absolute Gasteiger partial charge is 0.322 e. The molecule has 0 saturated carbocycles. The molecule has 10 heteroatoms. The van der Waals surface area contributed by atoms with Crippen LogP contribution >= 0.6 is 34.8 Å². The van der Waals surface area contributed by atoms with E-state index < -0.39 is 23.1 Å². The predicted octanol–water partition coefficient (Wildman–Crippen LogP) is 6.18. The zero-order valence-corrected chi connectivity index (χ0v) is 18.9. The summed E-state index contributed by atoms with van der Waals surface area (Å²) in [5, 5.41) is 3.58. The summed E-state index contributed by atoms with van der Waals surface area (Å²) >= 11 is 18.6. The third-order valence-corrected chi connectivity index (χ3v) is 5.74. The molecule has 0 saturated heterocycles. The van der Waals surface area contributed by atoms with Crippen LogP contribution in [-0.2, 0) is 6.54 Å². The number of aromatic nitrogens is 2. The van der Waals surface area contributed by atoms with Crippen molar-refractivity contribution < 1.29 is 13.6 Å². The van der Waals surface area contributed by atoms with Crippen LogP contribution in [0.4, 0.5) is 14.5 Å². The molecule has 0 aliphatic rings. The monoisotopic (exact) mass is 507 g/mol. The van der Waals surface area contributed by atoms with Crippen LogP contribution in [0.5, 0.6) is 0 Å². The van der Waals surface area contributed by atoms with Gasteiger partial charge in [-0.2, -0.15) is 0 Å². The van der Waals surface area contributed by atoms with E-state index in [4.69, 9.17) is 34.8 Å². The van der Waals surface area contributed by atoms with E-state index in [2.05, 4.69) is 5.32 Å². The Hall–Kier alpha value is -3.13. The van der Waals surface area contributed by atoms with E-state index in [9.17, 15) is 18.4 Å². The maximum Gasteiger partial charge on any atom is 0.284 e. The van der Waals surface area contributed by atoms with Crippen LogP contribution < -0.4 is 10.9 Å². The summed E-state index contributed by atoms with van der Waals surface area (Å²) < 4.78 is 29.7. The fraction of sp³-hybridized carbons (Fsp3) is 0.0435. The smallest absolute Gasteiger partial charge is 0.284 e. The number of carbonyl (C=O) groups is 1. The molecule has 5 nitrogen and oxygen atoms in total. The highest BCUT2D eigenvalue weighted by Crippen LogP contribution is 2.26. The molecule has 1 heterocycles. The van der Waals surface area contributed by atoms with Gasteiger partial charge in [0.2, 0.25) is 0 Å². The Kier molecular flexibility index (Phi) is 6.56. The molecule has 0 unspecified atom stereocenters. The number of halogens is 5. The quantitative estimate of drug-likeness (QED) is 0.350. The van der Waals surface area contributed by atoms with E-state index in [0.717, 1.165) is 12.1 Å². The Morgan fingerprint density at radius 1 is 0.909 bits per heavy atom. The van der Waals surface area contributed by atoms with E-state index in [0.29, 0.717) is 32.4 Å². The molecule has 0 aliphatic carbocycles. The van der Waals surface area contributed by atoms with Gasteiger partial charge >= 0.3 is 0 Å². The Labute approximate surface area is 201 Å². The van der Waals surface area contributed by atoms with Gasteiger partial charge in [-0.1, -0.05) is 40.9 Å². The van der Waals surface area contributed by atoms with E-state index in [1.165, 1.54) is 15.6 Å². The number of nitrogens with zero attached hydrogens (tertiary/aromatic N) is 2. The predicted molar refractivity (Wildman–Crippen MR) is 125 cm³/mol. The zero-order chi connectivity index (χ0) is 23.7. The second-order valence-electron chi connectivity index (χ2n) is 7.05. The second kappa shape index (κ2) is 9.39. The van der Waals surface area contributed by atoms with Gasteiger partial charge in [0.25, 0.3) is 11.5 Å². The van der Waals surface area contributed by atoms with Crippen molar-refractivity contribution in [1.29, 1.82) is 0 Å². The van der Waals surface area contributed by atoms with Crippen molar-refractivity contribution in [1.82, 2.24) is 9.36 Å². The molecular weight excluding hydrogens is 495 g/mol. The van der Waals surface area contributed by atoms with Gasteiger partial charge in [0.15, 0.2) is 0 Å². The van der Waals surface area contributed by atoms with E-state index in [-0.39, 0.29) is 17.8 Å². The molecule has 168 valence electrons. The third kappa shape index (κ3) is 4.95. The van der Waals surface area contributed by atoms with Crippen LogP contribution in [0.15, 0.2) is 71.7 Å². The van der Waals surface area contributed by atoms with Crippen molar-refractivity contribution in [2.75, 3.05) is 5.32 Å². The standard InChI is InChI=1S/C23H14Cl3F2N3O2/c24-13-4-6-17(7-5-13)31-23(33)19(22(32)29-16-9-14(27)8-15(28)10-16)12-30(31)11-18-20(25)2-1-3-21(18)26/h1-10,12H,11H2,(H,29,32). The van der Waals surface area contributed by atoms with Crippen LogP contribution in [0.3, 0.4) is 0 Å². The number of benzene rings is 3. The molecule has 0 radical (unpaired) electrons. The first-order chi connectivity index (χ1) is 15.7. The van der Waals surface area contributed by atoms with Crippen LogP contribution in [0.25, 0.3) is 5.69 Å². The molecule has 4 rings (SSSR count). The van der Waals surface area contributed by atoms with Crippen molar-refractivity contribution in [2.24, 2.45) is 0 Å². The maximum absolute atomic E-state index is 13.5. The van der Waals surface area contributed by atoms with Gasteiger partial charge in [-0.25, -0.2) is 13.5 Å². The van der Waals surface area contributed by atoms with Crippen molar-refractivity contribution in [2.45, 2.75) is 6.54 Å². The number of rotatable bonds is 5. The summed E-state index contributed by atoms with van der Waals surface area (Å²) in [6.45, 7) is 0.0677. The highest BCUT2D eigenvalue weighted by molar-refractivity contribution is 6.36. The van der Waals surface area contributed by atoms with Crippen LogP contribution in [0, 0.1) is 11.6 Å². The van der Waals surface area contributed by atoms with Gasteiger partial charge in [0.05, 0.1) is 12.2 Å². The average molecular weight is 509 g/mol. The maximum atomic E-state index is 13.5. The molecule has 1 N–H and O–H groups in total. The van der Waals surface area contributed by atoms with Crippen molar-refractivity contribution in [3.05, 3.63) is 115 Å². The minimum Gasteiger partial charge on any atom is -0.322 e. The SMILES string of the molecule is O=C(Nc1cc(F)cc(F)c1)c1cn(Cc2c(Cl)cccc2Cl)n(-c2ccc(Cl)cc2)c1=O. The van der Waals surface area contributed by atoms with Crippen molar-refractivity contribution in [3.63, 3.8) is 0 Å². The third-order valence-electron chi connectivity index (χ3n) is 4.78. The first kappa shape index (κ1) is 23.0. The summed E-state index contributed by atoms with van der Waals surface area (Å²) in [7, 11) is 0. The Morgan fingerprint density at radius 3 is 2.12 bits per heavy atom. The van der Waals surface area contributed by atoms with Crippen LogP contribution in [0.2, 0.25) is 15.1 Å². The van der Waals surface area contributed by atoms with Crippen LogP contribution in [-0.4, -0.2) is 15.3 Å². The summed E-state index contributed by atoms with van der Waals surface area (Å²) in [6, 6.07) is 14.0. The zero-order valence-electron chi connectivity index (χ0n) is 16.7. The molecule has 0 aliphatic heterocycles. The lowest BCUT2D eigenvalue weighted by Gasteiger charge is -2.13. The molecule has 0 fully saturated rings. The summed E-state index contributed by atoms with van der Waals surface area (Å²) in [4.78, 5) is 26.1. The molecule has 1 amide bonds. The number of amides is 1. The minimum absolute atomic E-state index is 0.0677. The fourth-order valence-electron chi connectivity index (χ4n) is 3.28. The Bertz CT molecular complexity index is 1380. The van der Waals surface area contributed by atoms with Gasteiger partial charge in [0, 0.05) is 38.6 Å². The van der Waals surface area contributed by atoms with Gasteiger partial charge < -0.3 is 5.32 Å². The molecule has 0 bridgehead atoms. The summed E-state index contributed by atoms with van der Waals surface area (Å²) in [6.07, 6.45) is 1.32.